The SMILES string of the molecule is CCOC(=O)c1nn(-c2cccc(C#C[C@]3(O)CCN(C)C3=O)c2)c2c1CN(S(C)(=O)=O)CC2. The summed E-state index contributed by atoms with van der Waals surface area (Å²) in [4.78, 5) is 26.2. The fourth-order valence-corrected chi connectivity index (χ4v) is 4.90. The Hall–Kier alpha value is -3.20. The van der Waals surface area contributed by atoms with Crippen LogP contribution in [0.25, 0.3) is 5.69 Å². The Balaban J connectivity index is 1.73. The second-order valence-corrected chi connectivity index (χ2v) is 10.4. The number of aliphatic hydroxyl groups is 1. The number of likely N-dealkylation sites (tertiary alicyclic amines) is 1. The van der Waals surface area contributed by atoms with E-state index >= 15 is 0 Å². The van der Waals surface area contributed by atoms with Gasteiger partial charge in [0.15, 0.2) is 5.69 Å². The maximum Gasteiger partial charge on any atom is 0.359 e. The van der Waals surface area contributed by atoms with Crippen LogP contribution < -0.4 is 0 Å². The lowest BCUT2D eigenvalue weighted by atomic mass is 10.0. The molecule has 0 spiro atoms. The van der Waals surface area contributed by atoms with Crippen molar-refractivity contribution in [2.45, 2.75) is 31.9 Å². The topological polar surface area (TPSA) is 122 Å². The predicted octanol–water partition coefficient (Wildman–Crippen LogP) is 0.311. The molecule has 11 heteroatoms. The van der Waals surface area contributed by atoms with E-state index in [1.54, 1.807) is 42.9 Å². The summed E-state index contributed by atoms with van der Waals surface area (Å²) in [6.45, 7) is 2.59. The third-order valence-electron chi connectivity index (χ3n) is 5.97. The van der Waals surface area contributed by atoms with Gasteiger partial charge in [0.05, 0.1) is 24.2 Å². The standard InChI is InChI=1S/C23H26N4O6S/c1-4-33-21(28)20-18-15-26(34(3,31)32)12-9-19(18)27(24-20)17-7-5-6-16(14-17)8-10-23(30)11-13-25(2)22(23)29/h5-7,14,30H,4,9,11-13,15H2,1-3H3/t23-/m0/s1. The van der Waals surface area contributed by atoms with Gasteiger partial charge in [-0.2, -0.15) is 9.40 Å². The van der Waals surface area contributed by atoms with Crippen LogP contribution in [-0.2, 0) is 32.5 Å². The highest BCUT2D eigenvalue weighted by molar-refractivity contribution is 7.88. The highest BCUT2D eigenvalue weighted by Gasteiger charge is 2.42. The Kier molecular flexibility index (Phi) is 6.24. The number of fused-ring (bicyclic) bond motifs is 1. The van der Waals surface area contributed by atoms with Gasteiger partial charge in [-0.05, 0) is 25.1 Å². The lowest BCUT2D eigenvalue weighted by molar-refractivity contribution is -0.137. The number of hydrogen-bond donors (Lipinski definition) is 1. The van der Waals surface area contributed by atoms with Gasteiger partial charge in [-0.1, -0.05) is 17.9 Å². The van der Waals surface area contributed by atoms with Crippen LogP contribution in [0.2, 0.25) is 0 Å². The van der Waals surface area contributed by atoms with Crippen molar-refractivity contribution in [2.75, 3.05) is 33.0 Å². The first-order chi connectivity index (χ1) is 16.0. The van der Waals surface area contributed by atoms with Gasteiger partial charge in [-0.25, -0.2) is 17.9 Å². The molecule has 1 atom stereocenters. The second kappa shape index (κ2) is 8.87. The van der Waals surface area contributed by atoms with Gasteiger partial charge in [0.25, 0.3) is 5.91 Å². The first-order valence-corrected chi connectivity index (χ1v) is 12.7. The first kappa shape index (κ1) is 23.9. The van der Waals surface area contributed by atoms with E-state index in [0.29, 0.717) is 29.8 Å². The molecule has 10 nitrogen and oxygen atoms in total. The first-order valence-electron chi connectivity index (χ1n) is 10.9. The number of benzene rings is 1. The summed E-state index contributed by atoms with van der Waals surface area (Å²) >= 11 is 0. The lowest BCUT2D eigenvalue weighted by Gasteiger charge is -2.25. The van der Waals surface area contributed by atoms with Crippen molar-refractivity contribution in [3.05, 3.63) is 46.8 Å². The Morgan fingerprint density at radius 3 is 2.74 bits per heavy atom. The van der Waals surface area contributed by atoms with Gasteiger partial charge < -0.3 is 14.7 Å². The summed E-state index contributed by atoms with van der Waals surface area (Å²) in [6.07, 6.45) is 1.74. The van der Waals surface area contributed by atoms with Gasteiger partial charge in [0, 0.05) is 50.7 Å². The van der Waals surface area contributed by atoms with Crippen molar-refractivity contribution < 1.29 is 27.9 Å². The Morgan fingerprint density at radius 1 is 1.32 bits per heavy atom. The number of likely N-dealkylation sites (N-methyl/N-ethyl adjacent to an activating group) is 1. The zero-order chi connectivity index (χ0) is 24.7. The quantitative estimate of drug-likeness (QED) is 0.488. The minimum Gasteiger partial charge on any atom is -0.461 e. The summed E-state index contributed by atoms with van der Waals surface area (Å²) in [5.41, 5.74) is 0.786. The van der Waals surface area contributed by atoms with Gasteiger partial charge in [-0.15, -0.1) is 0 Å². The molecule has 1 fully saturated rings. The molecule has 1 aromatic carbocycles. The number of aromatic nitrogens is 2. The average Bonchev–Trinajstić information content (AvgIpc) is 3.31. The summed E-state index contributed by atoms with van der Waals surface area (Å²) in [7, 11) is -1.82. The minimum absolute atomic E-state index is 0.0322. The van der Waals surface area contributed by atoms with Gasteiger partial charge in [0.2, 0.25) is 15.6 Å². The zero-order valence-corrected chi connectivity index (χ0v) is 20.1. The summed E-state index contributed by atoms with van der Waals surface area (Å²) in [6, 6.07) is 7.04. The molecule has 34 heavy (non-hydrogen) atoms. The molecule has 0 unspecified atom stereocenters. The normalized spacial score (nSPS) is 20.6. The molecule has 180 valence electrons. The van der Waals surface area contributed by atoms with Crippen molar-refractivity contribution in [1.82, 2.24) is 19.0 Å². The van der Waals surface area contributed by atoms with Crippen LogP contribution in [0.4, 0.5) is 0 Å². The molecule has 2 aliphatic rings. The maximum atomic E-state index is 12.6. The van der Waals surface area contributed by atoms with E-state index < -0.39 is 27.5 Å². The molecule has 0 radical (unpaired) electrons. The highest BCUT2D eigenvalue weighted by Crippen LogP contribution is 2.28. The number of ether oxygens (including phenoxy) is 1. The van der Waals surface area contributed by atoms with Crippen LogP contribution in [0.5, 0.6) is 0 Å². The number of esters is 1. The van der Waals surface area contributed by atoms with E-state index in [1.807, 2.05) is 0 Å². The number of sulfonamides is 1. The van der Waals surface area contributed by atoms with Crippen LogP contribution in [0, 0.1) is 11.8 Å². The molecular formula is C23H26N4O6S. The van der Waals surface area contributed by atoms with E-state index in [9.17, 15) is 23.1 Å². The van der Waals surface area contributed by atoms with Crippen molar-refractivity contribution in [2.24, 2.45) is 0 Å². The molecule has 0 aliphatic carbocycles. The van der Waals surface area contributed by atoms with Crippen molar-refractivity contribution >= 4 is 21.9 Å². The van der Waals surface area contributed by atoms with E-state index in [0.717, 1.165) is 11.9 Å². The third kappa shape index (κ3) is 4.44. The molecule has 1 saturated heterocycles. The van der Waals surface area contributed by atoms with Gasteiger partial charge in [-0.3, -0.25) is 4.79 Å². The highest BCUT2D eigenvalue weighted by atomic mass is 32.2. The molecule has 2 aliphatic heterocycles. The smallest absolute Gasteiger partial charge is 0.359 e. The molecule has 0 saturated carbocycles. The number of amides is 1. The Morgan fingerprint density at radius 2 is 2.09 bits per heavy atom. The molecule has 3 heterocycles. The van der Waals surface area contributed by atoms with Crippen LogP contribution in [0.1, 0.15) is 40.7 Å². The molecule has 1 amide bonds. The second-order valence-electron chi connectivity index (χ2n) is 8.39. The number of hydrogen-bond acceptors (Lipinski definition) is 7. The van der Waals surface area contributed by atoms with Crippen LogP contribution >= 0.6 is 0 Å². The van der Waals surface area contributed by atoms with Crippen molar-refractivity contribution in [3.63, 3.8) is 0 Å². The predicted molar refractivity (Wildman–Crippen MR) is 123 cm³/mol. The van der Waals surface area contributed by atoms with Crippen molar-refractivity contribution in [1.29, 1.82) is 0 Å². The number of rotatable bonds is 4. The molecule has 0 bridgehead atoms. The van der Waals surface area contributed by atoms with Crippen LogP contribution in [0.15, 0.2) is 24.3 Å². The van der Waals surface area contributed by atoms with Crippen molar-refractivity contribution in [3.8, 4) is 17.5 Å². The summed E-state index contributed by atoms with van der Waals surface area (Å²) < 4.78 is 32.2. The third-order valence-corrected chi connectivity index (χ3v) is 7.22. The number of carbonyl (C=O) groups excluding carboxylic acids is 2. The van der Waals surface area contributed by atoms with Crippen LogP contribution in [-0.4, -0.2) is 83.0 Å². The molecular weight excluding hydrogens is 460 g/mol. The van der Waals surface area contributed by atoms with Crippen LogP contribution in [0.3, 0.4) is 0 Å². The minimum atomic E-state index is -3.44. The van der Waals surface area contributed by atoms with Gasteiger partial charge >= 0.3 is 5.97 Å². The largest absolute Gasteiger partial charge is 0.461 e. The molecule has 1 N–H and O–H groups in total. The summed E-state index contributed by atoms with van der Waals surface area (Å²) in [5.74, 6) is 4.53. The summed E-state index contributed by atoms with van der Waals surface area (Å²) in [5, 5.41) is 15.0. The van der Waals surface area contributed by atoms with E-state index in [2.05, 4.69) is 16.9 Å². The molecule has 1 aromatic heterocycles. The number of nitrogens with zero attached hydrogens (tertiary/aromatic N) is 4. The van der Waals surface area contributed by atoms with E-state index in [-0.39, 0.29) is 31.8 Å². The maximum absolute atomic E-state index is 12.6. The monoisotopic (exact) mass is 486 g/mol. The average molecular weight is 487 g/mol. The van der Waals surface area contributed by atoms with Gasteiger partial charge in [0.1, 0.15) is 0 Å². The van der Waals surface area contributed by atoms with E-state index in [4.69, 9.17) is 4.74 Å². The van der Waals surface area contributed by atoms with E-state index in [1.165, 1.54) is 9.21 Å². The Bertz CT molecular complexity index is 1320. The number of carbonyl (C=O) groups is 2. The Labute approximate surface area is 198 Å². The zero-order valence-electron chi connectivity index (χ0n) is 19.2. The molecule has 4 rings (SSSR count). The fourth-order valence-electron chi connectivity index (χ4n) is 4.11. The lowest BCUT2D eigenvalue weighted by Crippen LogP contribution is -2.37. The fraction of sp³-hybridized carbons (Fsp3) is 0.435. The molecule has 2 aromatic rings.